The van der Waals surface area contributed by atoms with Crippen LogP contribution in [0.2, 0.25) is 0 Å². The summed E-state index contributed by atoms with van der Waals surface area (Å²) in [6, 6.07) is 16.1. The van der Waals surface area contributed by atoms with Gasteiger partial charge in [-0.15, -0.1) is 0 Å². The van der Waals surface area contributed by atoms with Gasteiger partial charge in [0.2, 0.25) is 0 Å². The zero-order valence-corrected chi connectivity index (χ0v) is 35.8. The number of unbranched alkanes of at least 4 members (excludes halogenated alkanes) is 4. The Hall–Kier alpha value is -4.55. The average molecular weight is 840 g/mol. The summed E-state index contributed by atoms with van der Waals surface area (Å²) in [5, 5.41) is 81.4. The second kappa shape index (κ2) is 21.5. The number of carboxylic acid groups (broad SMARTS) is 1. The molecular formula is C50H69N3O8. The number of aliphatic hydroxyl groups is 4. The third kappa shape index (κ3) is 12.3. The predicted octanol–water partition coefficient (Wildman–Crippen LogP) is 8.12. The zero-order valence-electron chi connectivity index (χ0n) is 35.8. The van der Waals surface area contributed by atoms with Gasteiger partial charge in [0, 0.05) is 53.4 Å². The number of benzene rings is 2. The monoisotopic (exact) mass is 840 g/mol. The van der Waals surface area contributed by atoms with Crippen LogP contribution in [0.25, 0.3) is 11.3 Å². The van der Waals surface area contributed by atoms with Crippen molar-refractivity contribution in [2.24, 2.45) is 35.3 Å². The van der Waals surface area contributed by atoms with Crippen molar-refractivity contribution < 1.29 is 40.5 Å². The maximum Gasteiger partial charge on any atom is 0.309 e. The second-order valence-electron chi connectivity index (χ2n) is 18.2. The van der Waals surface area contributed by atoms with E-state index >= 15 is 0 Å². The van der Waals surface area contributed by atoms with E-state index in [1.807, 2.05) is 36.4 Å². The van der Waals surface area contributed by atoms with E-state index in [9.17, 15) is 40.5 Å². The van der Waals surface area contributed by atoms with E-state index in [0.717, 1.165) is 43.2 Å². The Morgan fingerprint density at radius 1 is 0.951 bits per heavy atom. The Bertz CT molecular complexity index is 1980. The van der Waals surface area contributed by atoms with Crippen LogP contribution in [0.15, 0.2) is 90.3 Å². The van der Waals surface area contributed by atoms with Crippen LogP contribution in [-0.2, 0) is 11.2 Å². The molecule has 332 valence electrons. The number of hydrogen-bond donors (Lipinski definition) is 10. The maximum absolute atomic E-state index is 12.5. The lowest BCUT2D eigenvalue weighted by Crippen LogP contribution is -2.39. The fourth-order valence-corrected chi connectivity index (χ4v) is 10.2. The fourth-order valence-electron chi connectivity index (χ4n) is 10.2. The van der Waals surface area contributed by atoms with Crippen molar-refractivity contribution in [1.82, 2.24) is 10.3 Å². The average Bonchev–Trinajstić information content (AvgIpc) is 3.85. The summed E-state index contributed by atoms with van der Waals surface area (Å²) >= 11 is 0. The Morgan fingerprint density at radius 3 is 2.48 bits per heavy atom. The Kier molecular flexibility index (Phi) is 16.2. The lowest BCUT2D eigenvalue weighted by atomic mass is 9.79. The van der Waals surface area contributed by atoms with Crippen molar-refractivity contribution in [3.05, 3.63) is 107 Å². The highest BCUT2D eigenvalue weighted by Gasteiger charge is 2.50. The number of H-pyrrole nitrogens is 1. The number of nitrogens with two attached hydrogens (primary N) is 1. The number of aromatic amines is 1. The molecule has 0 saturated heterocycles. The fraction of sp³-hybridized carbons (Fsp3) is 0.540. The van der Waals surface area contributed by atoms with Gasteiger partial charge in [-0.1, -0.05) is 94.0 Å². The number of allylic oxidation sites excluding steroid dienone is 3. The highest BCUT2D eigenvalue weighted by molar-refractivity contribution is 5.71. The SMILES string of the molecule is CCCCC[C@@H]1C=C[C@@H](CCCCC[C@H](C(=O)O)[C@H](O)CC[C@]2(O)C[C@H](CC3=CCNC(N)=C3)C[C@H]2[C@H](O)c2ccc(-c3cc(O)cc(O)c3Cc3ccccc3)[nH]2)[C@H](O)C1. The molecule has 11 heteroatoms. The third-order valence-corrected chi connectivity index (χ3v) is 13.6. The smallest absolute Gasteiger partial charge is 0.309 e. The first-order valence-corrected chi connectivity index (χ1v) is 22.7. The number of aromatic hydroxyl groups is 2. The van der Waals surface area contributed by atoms with E-state index in [2.05, 4.69) is 35.5 Å². The van der Waals surface area contributed by atoms with Crippen LogP contribution in [0.5, 0.6) is 11.5 Å². The Labute approximate surface area is 361 Å². The number of nitrogens with one attached hydrogen (secondary N) is 2. The third-order valence-electron chi connectivity index (χ3n) is 13.6. The van der Waals surface area contributed by atoms with E-state index in [4.69, 9.17) is 5.73 Å². The summed E-state index contributed by atoms with van der Waals surface area (Å²) in [4.78, 5) is 15.8. The highest BCUT2D eigenvalue weighted by atomic mass is 16.4. The Morgan fingerprint density at radius 2 is 1.74 bits per heavy atom. The first-order valence-electron chi connectivity index (χ1n) is 22.7. The molecule has 11 nitrogen and oxygen atoms in total. The van der Waals surface area contributed by atoms with Gasteiger partial charge in [0.15, 0.2) is 0 Å². The van der Waals surface area contributed by atoms with E-state index in [1.54, 1.807) is 18.2 Å². The lowest BCUT2D eigenvalue weighted by Gasteiger charge is -2.34. The summed E-state index contributed by atoms with van der Waals surface area (Å²) in [6.07, 6.45) is 16.8. The molecule has 1 saturated carbocycles. The quantitative estimate of drug-likeness (QED) is 0.0347. The van der Waals surface area contributed by atoms with E-state index < -0.39 is 35.6 Å². The number of rotatable bonds is 22. The molecule has 1 fully saturated rings. The summed E-state index contributed by atoms with van der Waals surface area (Å²) < 4.78 is 0. The van der Waals surface area contributed by atoms with Crippen molar-refractivity contribution >= 4 is 5.97 Å². The molecule has 0 radical (unpaired) electrons. The van der Waals surface area contributed by atoms with E-state index in [1.165, 1.54) is 25.3 Å². The number of aliphatic carboxylic acids is 1. The molecule has 0 amide bonds. The normalized spacial score (nSPS) is 25.4. The number of aliphatic hydroxyl groups excluding tert-OH is 3. The van der Waals surface area contributed by atoms with Gasteiger partial charge in [0.05, 0.1) is 35.7 Å². The molecule has 3 aromatic rings. The molecule has 3 aliphatic rings. The Balaban J connectivity index is 1.11. The molecule has 0 unspecified atom stereocenters. The van der Waals surface area contributed by atoms with Crippen molar-refractivity contribution in [2.75, 3.05) is 6.54 Å². The van der Waals surface area contributed by atoms with Gasteiger partial charge < -0.3 is 51.8 Å². The van der Waals surface area contributed by atoms with Crippen LogP contribution in [0.3, 0.4) is 0 Å². The molecule has 2 aromatic carbocycles. The molecule has 1 aromatic heterocycles. The lowest BCUT2D eigenvalue weighted by molar-refractivity contribution is -0.147. The maximum atomic E-state index is 12.5. The van der Waals surface area contributed by atoms with E-state index in [-0.39, 0.29) is 42.3 Å². The molecular weight excluding hydrogens is 771 g/mol. The number of hydrogen-bond acceptors (Lipinski definition) is 9. The summed E-state index contributed by atoms with van der Waals surface area (Å²) in [5.74, 6) is -1.71. The highest BCUT2D eigenvalue weighted by Crippen LogP contribution is 2.51. The van der Waals surface area contributed by atoms with Gasteiger partial charge in [-0.25, -0.2) is 0 Å². The minimum absolute atomic E-state index is 0.00939. The molecule has 6 rings (SSSR count). The van der Waals surface area contributed by atoms with Gasteiger partial charge in [-0.2, -0.15) is 0 Å². The molecule has 9 atom stereocenters. The summed E-state index contributed by atoms with van der Waals surface area (Å²) in [6.45, 7) is 2.80. The van der Waals surface area contributed by atoms with Crippen LogP contribution >= 0.6 is 0 Å². The zero-order chi connectivity index (χ0) is 43.5. The molecule has 2 aliphatic carbocycles. The van der Waals surface area contributed by atoms with Crippen molar-refractivity contribution in [3.8, 4) is 22.8 Å². The number of aromatic nitrogens is 1. The first kappa shape index (κ1) is 46.0. The predicted molar refractivity (Wildman–Crippen MR) is 238 cm³/mol. The van der Waals surface area contributed by atoms with Gasteiger partial charge in [0.25, 0.3) is 0 Å². The molecule has 0 spiro atoms. The van der Waals surface area contributed by atoms with Gasteiger partial charge in [0.1, 0.15) is 11.5 Å². The number of phenols is 2. The second-order valence-corrected chi connectivity index (χ2v) is 18.2. The number of carboxylic acids is 1. The van der Waals surface area contributed by atoms with Gasteiger partial charge in [-0.3, -0.25) is 4.79 Å². The van der Waals surface area contributed by atoms with Gasteiger partial charge in [-0.05, 0) is 105 Å². The van der Waals surface area contributed by atoms with Crippen LogP contribution in [0, 0.1) is 29.6 Å². The first-order chi connectivity index (χ1) is 29.3. The van der Waals surface area contributed by atoms with Crippen LogP contribution in [0.1, 0.15) is 126 Å². The molecule has 61 heavy (non-hydrogen) atoms. The van der Waals surface area contributed by atoms with Crippen molar-refractivity contribution in [2.45, 2.75) is 134 Å². The van der Waals surface area contributed by atoms with E-state index in [0.29, 0.717) is 79.3 Å². The van der Waals surface area contributed by atoms with Crippen LogP contribution < -0.4 is 11.1 Å². The summed E-state index contributed by atoms with van der Waals surface area (Å²) in [5.41, 5.74) is 8.92. The van der Waals surface area contributed by atoms with Gasteiger partial charge >= 0.3 is 5.97 Å². The standard InChI is InChI=1S/C50H69N3O8/c1-2-3-6-11-33-16-17-36(45(56)27-33)14-9-5-10-15-38(49(59)60)44(55)20-22-50(61)31-35(24-34-21-23-52-47(51)28-34)26-41(50)48(58)43-19-18-42(53-43)39-29-37(54)30-46(57)40(39)25-32-12-7-4-8-13-32/h4,7-8,12-13,16-19,21,28-30,33,35-36,38,41,44-45,48,52-58,61H,2-3,5-6,9-11,14-15,20,22-27,31,51H2,1H3,(H,59,60)/t33-,35-,36-,38+,41+,44-,45-,48+,50+/m1/s1. The van der Waals surface area contributed by atoms with Crippen LogP contribution in [0.4, 0.5) is 0 Å². The van der Waals surface area contributed by atoms with Crippen molar-refractivity contribution in [1.29, 1.82) is 0 Å². The number of dihydropyridines is 1. The minimum Gasteiger partial charge on any atom is -0.508 e. The molecule has 11 N–H and O–H groups in total. The number of phenolic OH excluding ortho intramolecular Hbond substituents is 2. The molecule has 0 bridgehead atoms. The summed E-state index contributed by atoms with van der Waals surface area (Å²) in [7, 11) is 0. The topological polar surface area (TPSA) is 213 Å². The van der Waals surface area contributed by atoms with Crippen LogP contribution in [-0.4, -0.2) is 71.1 Å². The van der Waals surface area contributed by atoms with Crippen molar-refractivity contribution in [3.63, 3.8) is 0 Å². The molecule has 1 aliphatic heterocycles. The minimum atomic E-state index is -1.41. The molecule has 2 heterocycles. The number of carbonyl (C=O) groups is 1. The largest absolute Gasteiger partial charge is 0.508 e.